The van der Waals surface area contributed by atoms with E-state index >= 15 is 0 Å². The van der Waals surface area contributed by atoms with E-state index in [1.807, 2.05) is 0 Å². The fourth-order valence-corrected chi connectivity index (χ4v) is 8.22. The molecule has 0 aromatic carbocycles. The first-order chi connectivity index (χ1) is 17.4. The van der Waals surface area contributed by atoms with E-state index in [2.05, 4.69) is 113 Å². The Morgan fingerprint density at radius 2 is 1.10 bits per heavy atom. The van der Waals surface area contributed by atoms with Gasteiger partial charge in [0.25, 0.3) is 0 Å². The van der Waals surface area contributed by atoms with Gasteiger partial charge < -0.3 is 18.4 Å². The van der Waals surface area contributed by atoms with Gasteiger partial charge in [-0.25, -0.2) is 0 Å². The van der Waals surface area contributed by atoms with Gasteiger partial charge in [-0.15, -0.1) is 0 Å². The van der Waals surface area contributed by atoms with Crippen LogP contribution in [0.15, 0.2) is 0 Å². The molecule has 1 aliphatic rings. The molecule has 0 aromatic heterocycles. The quantitative estimate of drug-likeness (QED) is 0.169. The standard InChI is InChI=1S/C31H69NO4Si3/c1-25-23-32(21-19-17-18-20-22-33)26(24-34-37(11,12)29(2,3)4)28(36-39(15,16)31(8,9)10)27(25)35-38(13,14)30(5,6)7/h25-28,33H,17-24H2,1-16H3/t25-,26+,27+,28+/m0/s1. The predicted octanol–water partition coefficient (Wildman–Crippen LogP) is 8.66. The molecular weight excluding hydrogens is 535 g/mol. The number of nitrogens with zero attached hydrogens (tertiary/aromatic N) is 1. The van der Waals surface area contributed by atoms with Crippen molar-refractivity contribution in [1.29, 1.82) is 0 Å². The Hall–Kier alpha value is 0.451. The molecular formula is C31H69NO4Si3. The third-order valence-corrected chi connectivity index (χ3v) is 24.0. The SMILES string of the molecule is C[C@H]1CN(CCCCCCO)[C@H](CO[Si](C)(C)C(C)(C)C)[C@@H](O[Si](C)(C)C(C)(C)C)[C@@H]1O[Si](C)(C)C(C)(C)C. The highest BCUT2D eigenvalue weighted by Gasteiger charge is 2.52. The van der Waals surface area contributed by atoms with E-state index < -0.39 is 25.0 Å². The zero-order valence-electron chi connectivity index (χ0n) is 29.1. The fraction of sp³-hybridized carbons (Fsp3) is 1.00. The van der Waals surface area contributed by atoms with Crippen molar-refractivity contribution in [2.75, 3.05) is 26.3 Å². The zero-order chi connectivity index (χ0) is 30.7. The molecule has 8 heteroatoms. The van der Waals surface area contributed by atoms with Gasteiger partial charge in [0.1, 0.15) is 0 Å². The molecule has 4 atom stereocenters. The molecule has 0 spiro atoms. The largest absolute Gasteiger partial charge is 0.415 e. The van der Waals surface area contributed by atoms with Crippen LogP contribution in [-0.4, -0.2) is 79.5 Å². The Kier molecular flexibility index (Phi) is 13.3. The summed E-state index contributed by atoms with van der Waals surface area (Å²) < 4.78 is 21.7. The molecule has 5 nitrogen and oxygen atoms in total. The molecule has 0 aromatic rings. The van der Waals surface area contributed by atoms with Crippen LogP contribution in [-0.2, 0) is 13.3 Å². The number of aliphatic hydroxyl groups is 1. The average Bonchev–Trinajstić information content (AvgIpc) is 2.73. The number of likely N-dealkylation sites (tertiary alicyclic amines) is 1. The number of hydrogen-bond acceptors (Lipinski definition) is 5. The maximum Gasteiger partial charge on any atom is 0.192 e. The lowest BCUT2D eigenvalue weighted by Crippen LogP contribution is -2.66. The van der Waals surface area contributed by atoms with Gasteiger partial charge in [0.15, 0.2) is 25.0 Å². The summed E-state index contributed by atoms with van der Waals surface area (Å²) >= 11 is 0. The second-order valence-electron chi connectivity index (χ2n) is 16.9. The van der Waals surface area contributed by atoms with E-state index in [0.29, 0.717) is 19.1 Å². The Labute approximate surface area is 247 Å². The minimum atomic E-state index is -2.08. The van der Waals surface area contributed by atoms with Gasteiger partial charge in [0, 0.05) is 13.2 Å². The van der Waals surface area contributed by atoms with E-state index in [0.717, 1.165) is 38.8 Å². The lowest BCUT2D eigenvalue weighted by atomic mass is 9.88. The van der Waals surface area contributed by atoms with Crippen molar-refractivity contribution in [3.8, 4) is 0 Å². The molecule has 0 bridgehead atoms. The first-order valence-electron chi connectivity index (χ1n) is 15.7. The van der Waals surface area contributed by atoms with E-state index in [9.17, 15) is 5.11 Å². The third-order valence-electron chi connectivity index (χ3n) is 10.5. The second-order valence-corrected chi connectivity index (χ2v) is 31.3. The summed E-state index contributed by atoms with van der Waals surface area (Å²) in [6.07, 6.45) is 4.34. The highest BCUT2D eigenvalue weighted by molar-refractivity contribution is 6.75. The molecule has 1 saturated heterocycles. The molecule has 234 valence electrons. The van der Waals surface area contributed by atoms with Gasteiger partial charge in [-0.2, -0.15) is 0 Å². The number of piperidine rings is 1. The smallest absolute Gasteiger partial charge is 0.192 e. The predicted molar refractivity (Wildman–Crippen MR) is 177 cm³/mol. The van der Waals surface area contributed by atoms with Crippen LogP contribution in [0.4, 0.5) is 0 Å². The number of unbranched alkanes of at least 4 members (excludes halogenated alkanes) is 3. The molecule has 1 N–H and O–H groups in total. The van der Waals surface area contributed by atoms with Gasteiger partial charge in [-0.3, -0.25) is 4.90 Å². The van der Waals surface area contributed by atoms with Crippen LogP contribution in [0.1, 0.15) is 94.9 Å². The summed E-state index contributed by atoms with van der Waals surface area (Å²) in [5.74, 6) is 0.385. The van der Waals surface area contributed by atoms with Gasteiger partial charge in [-0.1, -0.05) is 82.1 Å². The van der Waals surface area contributed by atoms with E-state index in [4.69, 9.17) is 13.3 Å². The summed E-state index contributed by atoms with van der Waals surface area (Å²) in [5, 5.41) is 9.67. The zero-order valence-corrected chi connectivity index (χ0v) is 32.1. The van der Waals surface area contributed by atoms with Crippen molar-refractivity contribution >= 4 is 25.0 Å². The lowest BCUT2D eigenvalue weighted by molar-refractivity contribution is -0.101. The third kappa shape index (κ3) is 10.3. The Balaban J connectivity index is 3.52. The Morgan fingerprint density at radius 3 is 1.54 bits per heavy atom. The molecule has 0 aliphatic carbocycles. The van der Waals surface area contributed by atoms with Crippen molar-refractivity contribution in [2.24, 2.45) is 5.92 Å². The van der Waals surface area contributed by atoms with Crippen molar-refractivity contribution in [3.63, 3.8) is 0 Å². The van der Waals surface area contributed by atoms with Crippen LogP contribution in [0.5, 0.6) is 0 Å². The van der Waals surface area contributed by atoms with Crippen LogP contribution in [0.2, 0.25) is 54.4 Å². The number of aliphatic hydroxyl groups excluding tert-OH is 1. The number of hydrogen-bond donors (Lipinski definition) is 1. The summed E-state index contributed by atoms with van der Waals surface area (Å²) in [6, 6.07) is 0.178. The van der Waals surface area contributed by atoms with Gasteiger partial charge >= 0.3 is 0 Å². The van der Waals surface area contributed by atoms with Crippen LogP contribution in [0, 0.1) is 5.92 Å². The molecule has 0 radical (unpaired) electrons. The first-order valence-corrected chi connectivity index (χ1v) is 24.4. The maximum atomic E-state index is 9.24. The molecule has 0 amide bonds. The minimum absolute atomic E-state index is 0.00835. The molecule has 1 aliphatic heterocycles. The van der Waals surface area contributed by atoms with Gasteiger partial charge in [-0.05, 0) is 79.7 Å². The molecule has 1 rings (SSSR count). The van der Waals surface area contributed by atoms with Crippen LogP contribution in [0.3, 0.4) is 0 Å². The second kappa shape index (κ2) is 13.8. The monoisotopic (exact) mass is 603 g/mol. The minimum Gasteiger partial charge on any atom is -0.415 e. The van der Waals surface area contributed by atoms with Gasteiger partial charge in [0.05, 0.1) is 24.9 Å². The van der Waals surface area contributed by atoms with E-state index in [1.54, 1.807) is 0 Å². The fourth-order valence-electron chi connectivity index (χ4n) is 4.47. The Morgan fingerprint density at radius 1 is 0.667 bits per heavy atom. The summed E-state index contributed by atoms with van der Waals surface area (Å²) in [6.45, 7) is 40.8. The topological polar surface area (TPSA) is 51.2 Å². The highest BCUT2D eigenvalue weighted by Crippen LogP contribution is 2.44. The molecule has 1 fully saturated rings. The van der Waals surface area contributed by atoms with Crippen LogP contribution in [0.25, 0.3) is 0 Å². The van der Waals surface area contributed by atoms with Gasteiger partial charge in [0.2, 0.25) is 0 Å². The first kappa shape index (κ1) is 37.5. The lowest BCUT2D eigenvalue weighted by Gasteiger charge is -2.54. The van der Waals surface area contributed by atoms with Crippen LogP contribution >= 0.6 is 0 Å². The number of rotatable bonds is 13. The summed E-state index contributed by atoms with van der Waals surface area (Å²) in [7, 11) is -6.04. The highest BCUT2D eigenvalue weighted by atomic mass is 28.4. The van der Waals surface area contributed by atoms with E-state index in [-0.39, 0.29) is 33.4 Å². The van der Waals surface area contributed by atoms with Crippen LogP contribution < -0.4 is 0 Å². The van der Waals surface area contributed by atoms with E-state index in [1.165, 1.54) is 0 Å². The molecule has 0 saturated carbocycles. The average molecular weight is 604 g/mol. The van der Waals surface area contributed by atoms with Crippen molar-refractivity contribution in [1.82, 2.24) is 4.90 Å². The summed E-state index contributed by atoms with van der Waals surface area (Å²) in [5.41, 5.74) is 0. The molecule has 1 heterocycles. The maximum absolute atomic E-state index is 9.24. The van der Waals surface area contributed by atoms with Crippen molar-refractivity contribution in [2.45, 2.75) is 168 Å². The molecule has 0 unspecified atom stereocenters. The molecule has 39 heavy (non-hydrogen) atoms. The van der Waals surface area contributed by atoms with Crippen molar-refractivity contribution < 1.29 is 18.4 Å². The summed E-state index contributed by atoms with van der Waals surface area (Å²) in [4.78, 5) is 2.68. The van der Waals surface area contributed by atoms with Crippen molar-refractivity contribution in [3.05, 3.63) is 0 Å². The Bertz CT molecular complexity index is 738. The normalized spacial score (nSPS) is 24.8.